The number of nitrogens with one attached hydrogen (secondary N) is 1. The average Bonchev–Trinajstić information content (AvgIpc) is 2.82. The fraction of sp³-hybridized carbons (Fsp3) is 0.115. The van der Waals surface area contributed by atoms with Gasteiger partial charge >= 0.3 is 5.97 Å². The van der Waals surface area contributed by atoms with E-state index in [9.17, 15) is 14.9 Å². The standard InChI is InChI=1S/C26H21ClN2O5/c1-2-33-24-13-18(12-20(15-28)25(30)29-22-5-3-4-21(27)14-22)8-11-23(24)34-16-17-6-9-19(10-7-17)26(31)32/h3-14H,2,16H2,1H3,(H,29,30)(H,31,32)/b20-12+. The molecular formula is C26H21ClN2O5. The van der Waals surface area contributed by atoms with Crippen molar-refractivity contribution in [3.05, 3.63) is 94.0 Å². The fourth-order valence-electron chi connectivity index (χ4n) is 2.99. The smallest absolute Gasteiger partial charge is 0.335 e. The number of carboxylic acid groups (broad SMARTS) is 1. The summed E-state index contributed by atoms with van der Waals surface area (Å²) in [6, 6.07) is 20.0. The van der Waals surface area contributed by atoms with Gasteiger partial charge in [0.15, 0.2) is 11.5 Å². The lowest BCUT2D eigenvalue weighted by molar-refractivity contribution is -0.112. The van der Waals surface area contributed by atoms with Crippen molar-refractivity contribution in [3.63, 3.8) is 0 Å². The third-order valence-corrected chi connectivity index (χ3v) is 4.86. The highest BCUT2D eigenvalue weighted by Crippen LogP contribution is 2.30. The van der Waals surface area contributed by atoms with E-state index in [1.165, 1.54) is 18.2 Å². The Bertz CT molecular complexity index is 1260. The molecule has 0 bridgehead atoms. The van der Waals surface area contributed by atoms with Gasteiger partial charge in [-0.3, -0.25) is 4.79 Å². The van der Waals surface area contributed by atoms with Crippen LogP contribution in [0.25, 0.3) is 6.08 Å². The monoisotopic (exact) mass is 476 g/mol. The molecule has 0 aliphatic heterocycles. The highest BCUT2D eigenvalue weighted by Gasteiger charge is 2.12. The topological polar surface area (TPSA) is 109 Å². The summed E-state index contributed by atoms with van der Waals surface area (Å²) in [4.78, 5) is 23.5. The maximum Gasteiger partial charge on any atom is 0.335 e. The lowest BCUT2D eigenvalue weighted by Crippen LogP contribution is -2.13. The lowest BCUT2D eigenvalue weighted by Gasteiger charge is -2.13. The molecule has 7 nitrogen and oxygen atoms in total. The largest absolute Gasteiger partial charge is 0.490 e. The van der Waals surface area contributed by atoms with Gasteiger partial charge in [-0.25, -0.2) is 4.79 Å². The first-order chi connectivity index (χ1) is 16.4. The van der Waals surface area contributed by atoms with Crippen LogP contribution in [0.3, 0.4) is 0 Å². The second-order valence-electron chi connectivity index (χ2n) is 7.06. The number of anilines is 1. The van der Waals surface area contributed by atoms with Crippen LogP contribution in [0.4, 0.5) is 5.69 Å². The summed E-state index contributed by atoms with van der Waals surface area (Å²) in [6.45, 7) is 2.42. The van der Waals surface area contributed by atoms with Crippen LogP contribution in [0, 0.1) is 11.3 Å². The van der Waals surface area contributed by atoms with Gasteiger partial charge in [0.1, 0.15) is 18.2 Å². The summed E-state index contributed by atoms with van der Waals surface area (Å²) >= 11 is 5.94. The summed E-state index contributed by atoms with van der Waals surface area (Å²) < 4.78 is 11.5. The second kappa shape index (κ2) is 11.5. The Hall–Kier alpha value is -4.28. The van der Waals surface area contributed by atoms with Gasteiger partial charge in [0.2, 0.25) is 0 Å². The van der Waals surface area contributed by atoms with Crippen LogP contribution in [-0.4, -0.2) is 23.6 Å². The van der Waals surface area contributed by atoms with Crippen LogP contribution < -0.4 is 14.8 Å². The first-order valence-electron chi connectivity index (χ1n) is 10.3. The van der Waals surface area contributed by atoms with Crippen LogP contribution in [0.2, 0.25) is 5.02 Å². The number of ether oxygens (including phenoxy) is 2. The number of nitriles is 1. The van der Waals surface area contributed by atoms with E-state index in [1.807, 2.05) is 13.0 Å². The highest BCUT2D eigenvalue weighted by atomic mass is 35.5. The van der Waals surface area contributed by atoms with Crippen LogP contribution in [0.1, 0.15) is 28.4 Å². The van der Waals surface area contributed by atoms with E-state index < -0.39 is 11.9 Å². The van der Waals surface area contributed by atoms with Crippen LogP contribution >= 0.6 is 11.6 Å². The zero-order chi connectivity index (χ0) is 24.5. The quantitative estimate of drug-likeness (QED) is 0.309. The third-order valence-electron chi connectivity index (χ3n) is 4.62. The van der Waals surface area contributed by atoms with Gasteiger partial charge in [0, 0.05) is 10.7 Å². The molecule has 0 unspecified atom stereocenters. The molecule has 0 aliphatic rings. The van der Waals surface area contributed by atoms with Gasteiger partial charge in [0.05, 0.1) is 12.2 Å². The first-order valence-corrected chi connectivity index (χ1v) is 10.7. The van der Waals surface area contributed by atoms with Gasteiger partial charge in [0.25, 0.3) is 5.91 Å². The summed E-state index contributed by atoms with van der Waals surface area (Å²) in [5.74, 6) is -0.630. The number of aromatic carboxylic acids is 1. The molecule has 0 fully saturated rings. The second-order valence-corrected chi connectivity index (χ2v) is 7.50. The number of amides is 1. The maximum absolute atomic E-state index is 12.5. The summed E-state index contributed by atoms with van der Waals surface area (Å²) in [7, 11) is 0. The predicted molar refractivity (Wildman–Crippen MR) is 129 cm³/mol. The number of halogens is 1. The van der Waals surface area contributed by atoms with Crippen molar-refractivity contribution in [3.8, 4) is 17.6 Å². The number of carboxylic acids is 1. The fourth-order valence-corrected chi connectivity index (χ4v) is 3.18. The normalized spacial score (nSPS) is 10.8. The van der Waals surface area contributed by atoms with Crippen molar-refractivity contribution in [2.24, 2.45) is 0 Å². The Morgan fingerprint density at radius 3 is 2.47 bits per heavy atom. The van der Waals surface area contributed by atoms with Gasteiger partial charge in [-0.15, -0.1) is 0 Å². The van der Waals surface area contributed by atoms with Crippen molar-refractivity contribution in [1.29, 1.82) is 5.26 Å². The van der Waals surface area contributed by atoms with E-state index in [1.54, 1.807) is 54.6 Å². The van der Waals surface area contributed by atoms with Crippen LogP contribution in [0.5, 0.6) is 11.5 Å². The molecule has 1 amide bonds. The van der Waals surface area contributed by atoms with E-state index in [-0.39, 0.29) is 17.7 Å². The molecule has 8 heteroatoms. The van der Waals surface area contributed by atoms with Gasteiger partial charge in [-0.2, -0.15) is 5.26 Å². The van der Waals surface area contributed by atoms with E-state index in [0.717, 1.165) is 5.56 Å². The Balaban J connectivity index is 1.76. The number of hydrogen-bond acceptors (Lipinski definition) is 5. The number of carbonyl (C=O) groups is 2. The number of rotatable bonds is 9. The molecule has 0 heterocycles. The van der Waals surface area contributed by atoms with Crippen molar-refractivity contribution in [2.75, 3.05) is 11.9 Å². The third kappa shape index (κ3) is 6.61. The van der Waals surface area contributed by atoms with Gasteiger partial charge in [-0.1, -0.05) is 35.9 Å². The molecule has 3 rings (SSSR count). The maximum atomic E-state index is 12.5. The van der Waals surface area contributed by atoms with Crippen molar-refractivity contribution in [1.82, 2.24) is 0 Å². The van der Waals surface area contributed by atoms with Crippen molar-refractivity contribution >= 4 is 35.2 Å². The summed E-state index contributed by atoms with van der Waals surface area (Å²) in [5, 5.41) is 21.6. The molecule has 0 radical (unpaired) electrons. The minimum atomic E-state index is -0.993. The Kier molecular flexibility index (Phi) is 8.27. The molecule has 3 aromatic carbocycles. The Morgan fingerprint density at radius 2 is 1.82 bits per heavy atom. The number of benzene rings is 3. The van der Waals surface area contributed by atoms with E-state index in [0.29, 0.717) is 34.4 Å². The summed E-state index contributed by atoms with van der Waals surface area (Å²) in [6.07, 6.45) is 1.46. The average molecular weight is 477 g/mol. The van der Waals surface area contributed by atoms with Crippen molar-refractivity contribution in [2.45, 2.75) is 13.5 Å². The molecule has 34 heavy (non-hydrogen) atoms. The molecule has 0 aliphatic carbocycles. The first kappa shape index (κ1) is 24.4. The SMILES string of the molecule is CCOc1cc(/C=C(\C#N)C(=O)Nc2cccc(Cl)c2)ccc1OCc1ccc(C(=O)O)cc1. The molecule has 0 aromatic heterocycles. The molecule has 0 atom stereocenters. The van der Waals surface area contributed by atoms with Gasteiger partial charge < -0.3 is 19.9 Å². The lowest BCUT2D eigenvalue weighted by atomic mass is 10.1. The minimum Gasteiger partial charge on any atom is -0.490 e. The van der Waals surface area contributed by atoms with E-state index in [4.69, 9.17) is 26.2 Å². The minimum absolute atomic E-state index is 0.0883. The van der Waals surface area contributed by atoms with E-state index in [2.05, 4.69) is 5.32 Å². The van der Waals surface area contributed by atoms with E-state index >= 15 is 0 Å². The zero-order valence-electron chi connectivity index (χ0n) is 18.2. The predicted octanol–water partition coefficient (Wildman–Crippen LogP) is 5.56. The Labute approximate surface area is 201 Å². The molecule has 3 aromatic rings. The molecule has 172 valence electrons. The number of hydrogen-bond donors (Lipinski definition) is 2. The molecule has 0 saturated carbocycles. The van der Waals surface area contributed by atoms with Crippen LogP contribution in [0.15, 0.2) is 72.3 Å². The van der Waals surface area contributed by atoms with Crippen molar-refractivity contribution < 1.29 is 24.2 Å². The summed E-state index contributed by atoms with van der Waals surface area (Å²) in [5.41, 5.74) is 1.96. The Morgan fingerprint density at radius 1 is 1.06 bits per heavy atom. The molecule has 0 spiro atoms. The van der Waals surface area contributed by atoms with Gasteiger partial charge in [-0.05, 0) is 66.6 Å². The van der Waals surface area contributed by atoms with Crippen LogP contribution in [-0.2, 0) is 11.4 Å². The molecular weight excluding hydrogens is 456 g/mol. The molecule has 0 saturated heterocycles. The molecule has 2 N–H and O–H groups in total. The zero-order valence-corrected chi connectivity index (χ0v) is 19.0. The highest BCUT2D eigenvalue weighted by molar-refractivity contribution is 6.31. The number of carbonyl (C=O) groups excluding carboxylic acids is 1. The number of nitrogens with zero attached hydrogens (tertiary/aromatic N) is 1.